The molecule has 1 unspecified atom stereocenters. The fourth-order valence-electron chi connectivity index (χ4n) is 1.70. The number of carboxylic acids is 1. The highest BCUT2D eigenvalue weighted by molar-refractivity contribution is 5.87. The summed E-state index contributed by atoms with van der Waals surface area (Å²) in [6, 6.07) is 6.74. The predicted molar refractivity (Wildman–Crippen MR) is 72.2 cm³/mol. The van der Waals surface area contributed by atoms with Gasteiger partial charge in [0.05, 0.1) is 11.2 Å². The molecule has 3 N–H and O–H groups in total. The Morgan fingerprint density at radius 3 is 2.84 bits per heavy atom. The minimum Gasteiger partial charge on any atom is -0.478 e. The van der Waals surface area contributed by atoms with Crippen LogP contribution in [-0.2, 0) is 11.3 Å². The maximum Gasteiger partial charge on any atom is 0.335 e. The van der Waals surface area contributed by atoms with Crippen LogP contribution in [0.25, 0.3) is 0 Å². The minimum atomic E-state index is -0.936. The molecule has 0 aromatic heterocycles. The molecule has 0 spiro atoms. The molecule has 0 fully saturated rings. The summed E-state index contributed by atoms with van der Waals surface area (Å²) in [5.41, 5.74) is 0.313. The minimum absolute atomic E-state index is 0.269. The number of aliphatic hydroxyl groups is 1. The Kier molecular flexibility index (Phi) is 5.95. The van der Waals surface area contributed by atoms with Crippen molar-refractivity contribution in [3.05, 3.63) is 35.4 Å². The summed E-state index contributed by atoms with van der Waals surface area (Å²) in [6.45, 7) is 3.19. The van der Waals surface area contributed by atoms with Gasteiger partial charge in [-0.15, -0.1) is 0 Å². The van der Waals surface area contributed by atoms with Crippen molar-refractivity contribution in [2.45, 2.75) is 25.5 Å². The SMILES string of the molecule is COCCC(C)(O)CNCc1cccc(C(=O)O)c1. The third-order valence-electron chi connectivity index (χ3n) is 2.85. The molecule has 0 aliphatic heterocycles. The number of aromatic carboxylic acids is 1. The van der Waals surface area contributed by atoms with Crippen LogP contribution in [0, 0.1) is 0 Å². The first-order valence-corrected chi connectivity index (χ1v) is 6.19. The summed E-state index contributed by atoms with van der Waals surface area (Å²) < 4.78 is 4.93. The van der Waals surface area contributed by atoms with Gasteiger partial charge in [-0.05, 0) is 24.6 Å². The standard InChI is InChI=1S/C14H21NO4/c1-14(18,6-7-19-2)10-15-9-11-4-3-5-12(8-11)13(16)17/h3-5,8,15,18H,6-7,9-10H2,1-2H3,(H,16,17). The van der Waals surface area contributed by atoms with E-state index in [9.17, 15) is 9.90 Å². The van der Waals surface area contributed by atoms with E-state index in [-0.39, 0.29) is 5.56 Å². The normalized spacial score (nSPS) is 14.1. The summed E-state index contributed by atoms with van der Waals surface area (Å²) in [7, 11) is 1.60. The van der Waals surface area contributed by atoms with E-state index in [2.05, 4.69) is 5.32 Å². The maximum absolute atomic E-state index is 10.8. The largest absolute Gasteiger partial charge is 0.478 e. The molecule has 0 amide bonds. The zero-order chi connectivity index (χ0) is 14.3. The molecule has 19 heavy (non-hydrogen) atoms. The van der Waals surface area contributed by atoms with Gasteiger partial charge in [0.1, 0.15) is 0 Å². The van der Waals surface area contributed by atoms with Gasteiger partial charge < -0.3 is 20.3 Å². The van der Waals surface area contributed by atoms with Crippen LogP contribution in [0.4, 0.5) is 0 Å². The molecule has 106 valence electrons. The van der Waals surface area contributed by atoms with E-state index in [0.29, 0.717) is 26.1 Å². The number of ether oxygens (including phenoxy) is 1. The second-order valence-corrected chi connectivity index (χ2v) is 4.85. The molecule has 1 rings (SSSR count). The van der Waals surface area contributed by atoms with Crippen molar-refractivity contribution in [3.63, 3.8) is 0 Å². The van der Waals surface area contributed by atoms with Crippen LogP contribution in [-0.4, -0.2) is 42.0 Å². The molecule has 1 aromatic rings. The first kappa shape index (κ1) is 15.6. The van der Waals surface area contributed by atoms with E-state index >= 15 is 0 Å². The van der Waals surface area contributed by atoms with E-state index < -0.39 is 11.6 Å². The van der Waals surface area contributed by atoms with Crippen molar-refractivity contribution in [2.75, 3.05) is 20.3 Å². The first-order valence-electron chi connectivity index (χ1n) is 6.19. The lowest BCUT2D eigenvalue weighted by atomic mass is 10.0. The van der Waals surface area contributed by atoms with Crippen LogP contribution in [0.2, 0.25) is 0 Å². The molecule has 0 radical (unpaired) electrons. The monoisotopic (exact) mass is 267 g/mol. The second-order valence-electron chi connectivity index (χ2n) is 4.85. The van der Waals surface area contributed by atoms with Crippen LogP contribution in [0.15, 0.2) is 24.3 Å². The second kappa shape index (κ2) is 7.23. The quantitative estimate of drug-likeness (QED) is 0.661. The molecule has 0 aliphatic carbocycles. The Hall–Kier alpha value is -1.43. The molecule has 0 saturated heterocycles. The highest BCUT2D eigenvalue weighted by atomic mass is 16.5. The zero-order valence-corrected chi connectivity index (χ0v) is 11.3. The fourth-order valence-corrected chi connectivity index (χ4v) is 1.70. The Bertz CT molecular complexity index is 418. The topological polar surface area (TPSA) is 78.8 Å². The fraction of sp³-hybridized carbons (Fsp3) is 0.500. The van der Waals surface area contributed by atoms with Gasteiger partial charge in [-0.25, -0.2) is 4.79 Å². The molecular formula is C14H21NO4. The Morgan fingerprint density at radius 2 is 2.21 bits per heavy atom. The zero-order valence-electron chi connectivity index (χ0n) is 11.3. The van der Waals surface area contributed by atoms with Crippen LogP contribution < -0.4 is 5.32 Å². The molecule has 0 saturated carbocycles. The summed E-state index contributed by atoms with van der Waals surface area (Å²) >= 11 is 0. The Balaban J connectivity index is 2.44. The average Bonchev–Trinajstić information content (AvgIpc) is 2.36. The summed E-state index contributed by atoms with van der Waals surface area (Å²) in [5.74, 6) is -0.936. The van der Waals surface area contributed by atoms with Crippen molar-refractivity contribution in [1.29, 1.82) is 0 Å². The van der Waals surface area contributed by atoms with Gasteiger partial charge in [0.25, 0.3) is 0 Å². The van der Waals surface area contributed by atoms with Gasteiger partial charge in [0.2, 0.25) is 0 Å². The number of carbonyl (C=O) groups is 1. The van der Waals surface area contributed by atoms with Gasteiger partial charge in [-0.2, -0.15) is 0 Å². The van der Waals surface area contributed by atoms with E-state index in [1.54, 1.807) is 32.2 Å². The van der Waals surface area contributed by atoms with Gasteiger partial charge in [0, 0.05) is 33.2 Å². The van der Waals surface area contributed by atoms with Crippen molar-refractivity contribution >= 4 is 5.97 Å². The van der Waals surface area contributed by atoms with E-state index in [1.807, 2.05) is 6.07 Å². The Labute approximate surface area is 113 Å². The number of rotatable bonds is 8. The number of benzene rings is 1. The lowest BCUT2D eigenvalue weighted by molar-refractivity contribution is 0.0247. The smallest absolute Gasteiger partial charge is 0.335 e. The maximum atomic E-state index is 10.8. The molecule has 0 bridgehead atoms. The van der Waals surface area contributed by atoms with Crippen molar-refractivity contribution < 1.29 is 19.7 Å². The average molecular weight is 267 g/mol. The number of hydrogen-bond acceptors (Lipinski definition) is 4. The third-order valence-corrected chi connectivity index (χ3v) is 2.85. The van der Waals surface area contributed by atoms with Crippen molar-refractivity contribution in [1.82, 2.24) is 5.32 Å². The highest BCUT2D eigenvalue weighted by Gasteiger charge is 2.19. The van der Waals surface area contributed by atoms with Crippen LogP contribution in [0.3, 0.4) is 0 Å². The molecule has 1 atom stereocenters. The highest BCUT2D eigenvalue weighted by Crippen LogP contribution is 2.09. The van der Waals surface area contributed by atoms with Crippen LogP contribution >= 0.6 is 0 Å². The predicted octanol–water partition coefficient (Wildman–Crippen LogP) is 1.26. The van der Waals surface area contributed by atoms with Crippen molar-refractivity contribution in [3.8, 4) is 0 Å². The van der Waals surface area contributed by atoms with Gasteiger partial charge in [0.15, 0.2) is 0 Å². The molecule has 0 aliphatic rings. The number of nitrogens with one attached hydrogen (secondary N) is 1. The summed E-state index contributed by atoms with van der Waals surface area (Å²) in [5, 5.41) is 22.0. The summed E-state index contributed by atoms with van der Waals surface area (Å²) in [4.78, 5) is 10.8. The van der Waals surface area contributed by atoms with E-state index in [4.69, 9.17) is 9.84 Å². The lowest BCUT2D eigenvalue weighted by Gasteiger charge is -2.23. The third kappa shape index (κ3) is 5.83. The molecule has 0 heterocycles. The van der Waals surface area contributed by atoms with Gasteiger partial charge >= 0.3 is 5.97 Å². The number of methoxy groups -OCH3 is 1. The number of hydrogen-bond donors (Lipinski definition) is 3. The van der Waals surface area contributed by atoms with Gasteiger partial charge in [-0.1, -0.05) is 12.1 Å². The molecule has 5 nitrogen and oxygen atoms in total. The van der Waals surface area contributed by atoms with Crippen LogP contribution in [0.1, 0.15) is 29.3 Å². The lowest BCUT2D eigenvalue weighted by Crippen LogP contribution is -2.38. The summed E-state index contributed by atoms with van der Waals surface area (Å²) in [6.07, 6.45) is 0.547. The first-order chi connectivity index (χ1) is 8.94. The number of carboxylic acid groups (broad SMARTS) is 1. The molecule has 5 heteroatoms. The van der Waals surface area contributed by atoms with Crippen molar-refractivity contribution in [2.24, 2.45) is 0 Å². The molecular weight excluding hydrogens is 246 g/mol. The van der Waals surface area contributed by atoms with E-state index in [1.165, 1.54) is 0 Å². The van der Waals surface area contributed by atoms with Crippen LogP contribution in [0.5, 0.6) is 0 Å². The van der Waals surface area contributed by atoms with E-state index in [0.717, 1.165) is 5.56 Å². The van der Waals surface area contributed by atoms with Gasteiger partial charge in [-0.3, -0.25) is 0 Å². The Morgan fingerprint density at radius 1 is 1.47 bits per heavy atom. The molecule has 1 aromatic carbocycles.